The van der Waals surface area contributed by atoms with E-state index in [1.54, 1.807) is 12.1 Å². The molecule has 1 rings (SSSR count). The normalized spacial score (nSPS) is 11.1. The molecule has 17 heavy (non-hydrogen) atoms. The summed E-state index contributed by atoms with van der Waals surface area (Å²) in [6.07, 6.45) is 0.478. The summed E-state index contributed by atoms with van der Waals surface area (Å²) in [7, 11) is 0. The van der Waals surface area contributed by atoms with Crippen LogP contribution >= 0.6 is 11.6 Å². The summed E-state index contributed by atoms with van der Waals surface area (Å²) >= 11 is 5.78. The summed E-state index contributed by atoms with van der Waals surface area (Å²) in [5.74, 6) is -0.354. The van der Waals surface area contributed by atoms with Crippen LogP contribution in [0.2, 0.25) is 5.02 Å². The van der Waals surface area contributed by atoms with Gasteiger partial charge in [-0.2, -0.15) is 0 Å². The maximum Gasteiger partial charge on any atom is 0.334 e. The third kappa shape index (κ3) is 5.05. The van der Waals surface area contributed by atoms with Gasteiger partial charge in [0, 0.05) is 17.0 Å². The Morgan fingerprint density at radius 3 is 2.29 bits per heavy atom. The molecule has 0 saturated heterocycles. The molecule has 0 spiro atoms. The molecule has 0 aliphatic carbocycles. The van der Waals surface area contributed by atoms with E-state index in [1.165, 1.54) is 0 Å². The van der Waals surface area contributed by atoms with Gasteiger partial charge >= 0.3 is 5.97 Å². The zero-order valence-corrected chi connectivity index (χ0v) is 11.2. The smallest absolute Gasteiger partial charge is 0.334 e. The third-order valence-electron chi connectivity index (χ3n) is 2.02. The second-order valence-corrected chi connectivity index (χ2v) is 5.35. The van der Waals surface area contributed by atoms with Crippen molar-refractivity contribution in [3.05, 3.63) is 47.0 Å². The second-order valence-electron chi connectivity index (χ2n) is 4.91. The van der Waals surface area contributed by atoms with E-state index in [4.69, 9.17) is 16.3 Å². The molecule has 0 saturated carbocycles. The monoisotopic (exact) mass is 252 g/mol. The zero-order chi connectivity index (χ0) is 13.1. The summed E-state index contributed by atoms with van der Waals surface area (Å²) in [5, 5.41) is 0.677. The molecule has 1 aromatic rings. The van der Waals surface area contributed by atoms with Crippen LogP contribution in [0.1, 0.15) is 26.3 Å². The Morgan fingerprint density at radius 1 is 1.29 bits per heavy atom. The Balaban J connectivity index is 2.60. The second kappa shape index (κ2) is 5.37. The maximum atomic E-state index is 11.7. The van der Waals surface area contributed by atoms with Gasteiger partial charge in [-0.3, -0.25) is 0 Å². The van der Waals surface area contributed by atoms with Gasteiger partial charge in [0.25, 0.3) is 0 Å². The molecule has 0 heterocycles. The van der Waals surface area contributed by atoms with E-state index in [1.807, 2.05) is 32.9 Å². The predicted octanol–water partition coefficient (Wildman–Crippen LogP) is 3.78. The van der Waals surface area contributed by atoms with Crippen molar-refractivity contribution in [2.75, 3.05) is 0 Å². The maximum absolute atomic E-state index is 11.7. The van der Waals surface area contributed by atoms with Crippen molar-refractivity contribution in [3.63, 3.8) is 0 Å². The molecule has 0 atom stereocenters. The lowest BCUT2D eigenvalue weighted by molar-refractivity contribution is -0.149. The van der Waals surface area contributed by atoms with Crippen molar-refractivity contribution in [2.24, 2.45) is 0 Å². The molecule has 0 fully saturated rings. The Kier molecular flexibility index (Phi) is 4.35. The van der Waals surface area contributed by atoms with E-state index in [0.717, 1.165) is 5.56 Å². The highest BCUT2D eigenvalue weighted by atomic mass is 35.5. The molecule has 0 unspecified atom stereocenters. The number of carbonyl (C=O) groups excluding carboxylic acids is 1. The molecule has 0 N–H and O–H groups in total. The van der Waals surface area contributed by atoms with E-state index in [-0.39, 0.29) is 5.97 Å². The van der Waals surface area contributed by atoms with Crippen LogP contribution in [0.25, 0.3) is 0 Å². The van der Waals surface area contributed by atoms with Gasteiger partial charge in [0.05, 0.1) is 0 Å². The highest BCUT2D eigenvalue weighted by molar-refractivity contribution is 6.30. The van der Waals surface area contributed by atoms with Crippen LogP contribution in [0.15, 0.2) is 36.4 Å². The van der Waals surface area contributed by atoms with Crippen molar-refractivity contribution < 1.29 is 9.53 Å². The fraction of sp³-hybridized carbons (Fsp3) is 0.357. The standard InChI is InChI=1S/C14H17ClO2/c1-10(13(16)17-14(2,3)4)9-11-5-7-12(15)8-6-11/h5-8H,1,9H2,2-4H3. The zero-order valence-electron chi connectivity index (χ0n) is 10.4. The SMILES string of the molecule is C=C(Cc1ccc(Cl)cc1)C(=O)OC(C)(C)C. The van der Waals surface area contributed by atoms with Gasteiger partial charge < -0.3 is 4.74 Å². The van der Waals surface area contributed by atoms with Gasteiger partial charge in [0.1, 0.15) is 5.60 Å². The van der Waals surface area contributed by atoms with Gasteiger partial charge in [-0.15, -0.1) is 0 Å². The van der Waals surface area contributed by atoms with Gasteiger partial charge in [-0.25, -0.2) is 4.79 Å². The van der Waals surface area contributed by atoms with Crippen LogP contribution in [0, 0.1) is 0 Å². The molecule has 0 aliphatic heterocycles. The summed E-state index contributed by atoms with van der Waals surface area (Å²) in [5.41, 5.74) is 0.951. The van der Waals surface area contributed by atoms with Crippen LogP contribution in [-0.2, 0) is 16.0 Å². The highest BCUT2D eigenvalue weighted by Gasteiger charge is 2.18. The molecule has 92 valence electrons. The van der Waals surface area contributed by atoms with Crippen LogP contribution < -0.4 is 0 Å². The summed E-state index contributed by atoms with van der Waals surface area (Å²) in [6.45, 7) is 9.25. The van der Waals surface area contributed by atoms with Crippen LogP contribution in [0.4, 0.5) is 0 Å². The van der Waals surface area contributed by atoms with Gasteiger partial charge in [-0.1, -0.05) is 30.3 Å². The lowest BCUT2D eigenvalue weighted by atomic mass is 10.1. The first-order valence-corrected chi connectivity index (χ1v) is 5.81. The molecule has 0 amide bonds. The van der Waals surface area contributed by atoms with Crippen molar-refractivity contribution in [3.8, 4) is 0 Å². The third-order valence-corrected chi connectivity index (χ3v) is 2.27. The first-order chi connectivity index (χ1) is 7.78. The number of ether oxygens (including phenoxy) is 1. The summed E-state index contributed by atoms with van der Waals surface area (Å²) in [6, 6.07) is 7.33. The number of hydrogen-bond acceptors (Lipinski definition) is 2. The summed E-state index contributed by atoms with van der Waals surface area (Å²) < 4.78 is 5.23. The molecule has 0 bridgehead atoms. The fourth-order valence-corrected chi connectivity index (χ4v) is 1.40. The van der Waals surface area contributed by atoms with Gasteiger partial charge in [0.15, 0.2) is 0 Å². The van der Waals surface area contributed by atoms with Crippen LogP contribution in [0.3, 0.4) is 0 Å². The Bertz CT molecular complexity index is 413. The minimum Gasteiger partial charge on any atom is -0.457 e. The van der Waals surface area contributed by atoms with Crippen molar-refractivity contribution >= 4 is 17.6 Å². The first-order valence-electron chi connectivity index (χ1n) is 5.43. The van der Waals surface area contributed by atoms with E-state index in [0.29, 0.717) is 17.0 Å². The molecule has 0 aliphatic rings. The topological polar surface area (TPSA) is 26.3 Å². The molecular weight excluding hydrogens is 236 g/mol. The molecular formula is C14H17ClO2. The number of carbonyl (C=O) groups is 1. The van der Waals surface area contributed by atoms with Crippen LogP contribution in [-0.4, -0.2) is 11.6 Å². The molecule has 0 aromatic heterocycles. The molecule has 0 radical (unpaired) electrons. The fourth-order valence-electron chi connectivity index (χ4n) is 1.27. The number of halogens is 1. The molecule has 2 nitrogen and oxygen atoms in total. The highest BCUT2D eigenvalue weighted by Crippen LogP contribution is 2.15. The average Bonchev–Trinajstić information content (AvgIpc) is 2.19. The number of benzene rings is 1. The molecule has 3 heteroatoms. The minimum absolute atomic E-state index is 0.354. The minimum atomic E-state index is -0.486. The van der Waals surface area contributed by atoms with Crippen molar-refractivity contribution in [1.29, 1.82) is 0 Å². The molecule has 1 aromatic carbocycles. The average molecular weight is 253 g/mol. The quantitative estimate of drug-likeness (QED) is 0.605. The Hall–Kier alpha value is -1.28. The lowest BCUT2D eigenvalue weighted by Gasteiger charge is -2.20. The van der Waals surface area contributed by atoms with Crippen LogP contribution in [0.5, 0.6) is 0 Å². The largest absolute Gasteiger partial charge is 0.457 e. The van der Waals surface area contributed by atoms with E-state index >= 15 is 0 Å². The first kappa shape index (κ1) is 13.8. The lowest BCUT2D eigenvalue weighted by Crippen LogP contribution is -2.25. The van der Waals surface area contributed by atoms with E-state index < -0.39 is 5.60 Å². The van der Waals surface area contributed by atoms with Crippen molar-refractivity contribution in [2.45, 2.75) is 32.8 Å². The number of esters is 1. The number of hydrogen-bond donors (Lipinski definition) is 0. The summed E-state index contributed by atoms with van der Waals surface area (Å²) in [4.78, 5) is 11.7. The van der Waals surface area contributed by atoms with Gasteiger partial charge in [-0.05, 0) is 38.5 Å². The van der Waals surface area contributed by atoms with E-state index in [9.17, 15) is 4.79 Å². The Labute approximate surface area is 107 Å². The predicted molar refractivity (Wildman–Crippen MR) is 70.1 cm³/mol. The van der Waals surface area contributed by atoms with Crippen molar-refractivity contribution in [1.82, 2.24) is 0 Å². The van der Waals surface area contributed by atoms with E-state index in [2.05, 4.69) is 6.58 Å². The van der Waals surface area contributed by atoms with Gasteiger partial charge in [0.2, 0.25) is 0 Å². The Morgan fingerprint density at radius 2 is 1.82 bits per heavy atom. The number of rotatable bonds is 3.